The van der Waals surface area contributed by atoms with Crippen LogP contribution in [-0.2, 0) is 0 Å². The summed E-state index contributed by atoms with van der Waals surface area (Å²) in [5.74, 6) is 0. The molecule has 0 saturated heterocycles. The van der Waals surface area contributed by atoms with Gasteiger partial charge in [-0.3, -0.25) is 4.98 Å². The fourth-order valence-corrected chi connectivity index (χ4v) is 2.57. The van der Waals surface area contributed by atoms with Gasteiger partial charge < -0.3 is 5.11 Å². The Labute approximate surface area is 118 Å². The number of nitrogens with zero attached hydrogens (tertiary/aromatic N) is 1. The summed E-state index contributed by atoms with van der Waals surface area (Å²) in [6.07, 6.45) is 1.16. The lowest BCUT2D eigenvalue weighted by atomic mass is 9.95. The Kier molecular flexibility index (Phi) is 3.25. The maximum Gasteiger partial charge on any atom is 0.104 e. The van der Waals surface area contributed by atoms with Crippen molar-refractivity contribution in [2.45, 2.75) is 20.0 Å². The number of aromatic nitrogens is 1. The van der Waals surface area contributed by atoms with Crippen LogP contribution in [0.2, 0.25) is 0 Å². The molecule has 2 heteroatoms. The summed E-state index contributed by atoms with van der Waals surface area (Å²) in [4.78, 5) is 4.34. The monoisotopic (exact) mass is 263 g/mol. The Morgan fingerprint density at radius 3 is 2.65 bits per heavy atom. The number of hydrogen-bond donors (Lipinski definition) is 1. The Bertz CT molecular complexity index is 764. The van der Waals surface area contributed by atoms with Gasteiger partial charge in [0, 0.05) is 11.6 Å². The van der Waals surface area contributed by atoms with E-state index in [9.17, 15) is 5.11 Å². The van der Waals surface area contributed by atoms with Gasteiger partial charge >= 0.3 is 0 Å². The Balaban J connectivity index is 2.05. The molecule has 20 heavy (non-hydrogen) atoms. The van der Waals surface area contributed by atoms with Crippen molar-refractivity contribution in [1.29, 1.82) is 0 Å². The van der Waals surface area contributed by atoms with Gasteiger partial charge in [0.15, 0.2) is 0 Å². The molecule has 100 valence electrons. The van der Waals surface area contributed by atoms with E-state index in [1.54, 1.807) is 6.20 Å². The number of benzene rings is 2. The molecule has 0 fully saturated rings. The molecule has 0 aliphatic rings. The van der Waals surface area contributed by atoms with E-state index in [2.05, 4.69) is 18.0 Å². The van der Waals surface area contributed by atoms with Crippen LogP contribution in [0.5, 0.6) is 0 Å². The molecule has 1 N–H and O–H groups in total. The number of aliphatic hydroxyl groups excluding tert-OH is 1. The molecule has 0 saturated carbocycles. The fourth-order valence-electron chi connectivity index (χ4n) is 2.57. The van der Waals surface area contributed by atoms with Gasteiger partial charge in [-0.25, -0.2) is 0 Å². The second-order valence-corrected chi connectivity index (χ2v) is 5.22. The largest absolute Gasteiger partial charge is 0.384 e. The highest BCUT2D eigenvalue weighted by molar-refractivity contribution is 5.79. The topological polar surface area (TPSA) is 33.1 Å². The molecule has 0 radical (unpaired) electrons. The van der Waals surface area contributed by atoms with Crippen molar-refractivity contribution >= 4 is 10.9 Å². The molecule has 0 spiro atoms. The van der Waals surface area contributed by atoms with Crippen LogP contribution >= 0.6 is 0 Å². The quantitative estimate of drug-likeness (QED) is 0.760. The summed E-state index contributed by atoms with van der Waals surface area (Å²) in [6, 6.07) is 16.0. The normalized spacial score (nSPS) is 12.6. The number of rotatable bonds is 2. The summed E-state index contributed by atoms with van der Waals surface area (Å²) >= 11 is 0. The molecule has 1 heterocycles. The van der Waals surface area contributed by atoms with Crippen LogP contribution in [0.1, 0.15) is 28.4 Å². The number of aryl methyl sites for hydroxylation is 2. The maximum atomic E-state index is 10.6. The van der Waals surface area contributed by atoms with Gasteiger partial charge in [0.05, 0.1) is 5.52 Å². The van der Waals surface area contributed by atoms with Crippen molar-refractivity contribution in [2.75, 3.05) is 0 Å². The Hall–Kier alpha value is -2.19. The zero-order chi connectivity index (χ0) is 14.1. The fraction of sp³-hybridized carbons (Fsp3) is 0.167. The van der Waals surface area contributed by atoms with E-state index in [1.165, 1.54) is 5.56 Å². The number of fused-ring (bicyclic) bond motifs is 1. The first-order chi connectivity index (χ1) is 9.65. The minimum Gasteiger partial charge on any atom is -0.384 e. The lowest BCUT2D eigenvalue weighted by molar-refractivity contribution is 0.219. The van der Waals surface area contributed by atoms with Crippen LogP contribution in [0.15, 0.2) is 54.7 Å². The predicted molar refractivity (Wildman–Crippen MR) is 81.7 cm³/mol. The zero-order valence-electron chi connectivity index (χ0n) is 11.7. The summed E-state index contributed by atoms with van der Waals surface area (Å²) in [5, 5.41) is 11.7. The second kappa shape index (κ2) is 5.06. The summed E-state index contributed by atoms with van der Waals surface area (Å²) < 4.78 is 0. The molecule has 0 aliphatic carbocycles. The number of aliphatic hydroxyl groups is 1. The molecule has 3 aromatic rings. The third-order valence-corrected chi connectivity index (χ3v) is 3.67. The molecule has 1 atom stereocenters. The van der Waals surface area contributed by atoms with E-state index in [0.29, 0.717) is 0 Å². The molecule has 2 nitrogen and oxygen atoms in total. The lowest BCUT2D eigenvalue weighted by Gasteiger charge is -2.15. The Morgan fingerprint density at radius 2 is 1.85 bits per heavy atom. The third kappa shape index (κ3) is 2.30. The van der Waals surface area contributed by atoms with E-state index in [-0.39, 0.29) is 0 Å². The van der Waals surface area contributed by atoms with Crippen LogP contribution in [0.25, 0.3) is 10.9 Å². The average Bonchev–Trinajstić information content (AvgIpc) is 2.46. The predicted octanol–water partition coefficient (Wildman–Crippen LogP) is 3.93. The SMILES string of the molecule is Cc1ccc(C(O)c2ccc3cccnc3c2)c(C)c1. The lowest BCUT2D eigenvalue weighted by Crippen LogP contribution is -2.02. The molecule has 3 rings (SSSR count). The third-order valence-electron chi connectivity index (χ3n) is 3.67. The van der Waals surface area contributed by atoms with Gasteiger partial charge in [-0.05, 0) is 42.7 Å². The van der Waals surface area contributed by atoms with Gasteiger partial charge in [-0.15, -0.1) is 0 Å². The van der Waals surface area contributed by atoms with Gasteiger partial charge in [0.1, 0.15) is 6.10 Å². The van der Waals surface area contributed by atoms with Gasteiger partial charge in [-0.1, -0.05) is 42.0 Å². The first-order valence-corrected chi connectivity index (χ1v) is 6.75. The number of hydrogen-bond acceptors (Lipinski definition) is 2. The summed E-state index contributed by atoms with van der Waals surface area (Å²) in [7, 11) is 0. The van der Waals surface area contributed by atoms with Crippen molar-refractivity contribution in [1.82, 2.24) is 4.98 Å². The highest BCUT2D eigenvalue weighted by Crippen LogP contribution is 2.27. The highest BCUT2D eigenvalue weighted by Gasteiger charge is 2.13. The van der Waals surface area contributed by atoms with E-state index in [0.717, 1.165) is 27.6 Å². The maximum absolute atomic E-state index is 10.6. The molecule has 1 aromatic heterocycles. The molecular weight excluding hydrogens is 246 g/mol. The molecular formula is C18H17NO. The Morgan fingerprint density at radius 1 is 1.00 bits per heavy atom. The summed E-state index contributed by atoms with van der Waals surface area (Å²) in [5.41, 5.74) is 5.06. The van der Waals surface area contributed by atoms with Crippen molar-refractivity contribution in [3.05, 3.63) is 77.0 Å². The van der Waals surface area contributed by atoms with Crippen LogP contribution in [0.3, 0.4) is 0 Å². The van der Waals surface area contributed by atoms with Crippen molar-refractivity contribution < 1.29 is 5.11 Å². The van der Waals surface area contributed by atoms with E-state index >= 15 is 0 Å². The van der Waals surface area contributed by atoms with Gasteiger partial charge in [-0.2, -0.15) is 0 Å². The summed E-state index contributed by atoms with van der Waals surface area (Å²) in [6.45, 7) is 4.09. The van der Waals surface area contributed by atoms with Crippen molar-refractivity contribution in [2.24, 2.45) is 0 Å². The van der Waals surface area contributed by atoms with Gasteiger partial charge in [0.2, 0.25) is 0 Å². The minimum atomic E-state index is -0.609. The van der Waals surface area contributed by atoms with Crippen molar-refractivity contribution in [3.63, 3.8) is 0 Å². The molecule has 0 aliphatic heterocycles. The average molecular weight is 263 g/mol. The molecule has 0 bridgehead atoms. The van der Waals surface area contributed by atoms with Crippen LogP contribution in [0, 0.1) is 13.8 Å². The first-order valence-electron chi connectivity index (χ1n) is 6.75. The molecule has 0 amide bonds. The highest BCUT2D eigenvalue weighted by atomic mass is 16.3. The van der Waals surface area contributed by atoms with E-state index in [1.807, 2.05) is 49.4 Å². The second-order valence-electron chi connectivity index (χ2n) is 5.22. The van der Waals surface area contributed by atoms with Crippen LogP contribution < -0.4 is 0 Å². The first kappa shape index (κ1) is 12.8. The van der Waals surface area contributed by atoms with E-state index in [4.69, 9.17) is 0 Å². The zero-order valence-corrected chi connectivity index (χ0v) is 11.7. The number of pyridine rings is 1. The molecule has 2 aromatic carbocycles. The van der Waals surface area contributed by atoms with Crippen LogP contribution in [0.4, 0.5) is 0 Å². The van der Waals surface area contributed by atoms with Crippen LogP contribution in [-0.4, -0.2) is 10.1 Å². The standard InChI is InChI=1S/C18H17NO/c1-12-5-8-16(13(2)10-12)18(20)15-7-6-14-4-3-9-19-17(14)11-15/h3-11,18,20H,1-2H3. The van der Waals surface area contributed by atoms with E-state index < -0.39 is 6.10 Å². The smallest absolute Gasteiger partial charge is 0.104 e. The molecule has 1 unspecified atom stereocenters. The van der Waals surface area contributed by atoms with Gasteiger partial charge in [0.25, 0.3) is 0 Å². The minimum absolute atomic E-state index is 0.609. The van der Waals surface area contributed by atoms with Crippen molar-refractivity contribution in [3.8, 4) is 0 Å².